The molecule has 7 heteroatoms. The number of aromatic nitrogens is 2. The quantitative estimate of drug-likeness (QED) is 0.608. The summed E-state index contributed by atoms with van der Waals surface area (Å²) in [5, 5.41) is 8.05. The molecule has 1 saturated heterocycles. The Morgan fingerprint density at radius 2 is 1.94 bits per heavy atom. The van der Waals surface area contributed by atoms with Gasteiger partial charge in [-0.3, -0.25) is 9.59 Å². The van der Waals surface area contributed by atoms with Gasteiger partial charge in [0.1, 0.15) is 0 Å². The van der Waals surface area contributed by atoms with Gasteiger partial charge in [0, 0.05) is 30.2 Å². The van der Waals surface area contributed by atoms with E-state index < -0.39 is 0 Å². The van der Waals surface area contributed by atoms with E-state index in [0.29, 0.717) is 23.6 Å². The summed E-state index contributed by atoms with van der Waals surface area (Å²) in [7, 11) is 0. The standard InChI is InChI=1S/C24H25ClN4O2/c1-16(2)23-21(15-27-29(23)20-6-3-5-18(25)13-20)24(31)26-14-17-8-10-19(11-9-17)28-12-4-7-22(28)30/h3,5-6,8-11,13,15-16H,4,7,12,14H2,1-2H3,(H,26,31). The van der Waals surface area contributed by atoms with E-state index >= 15 is 0 Å². The van der Waals surface area contributed by atoms with Crippen molar-refractivity contribution in [3.63, 3.8) is 0 Å². The average Bonchev–Trinajstić information content (AvgIpc) is 3.39. The van der Waals surface area contributed by atoms with Crippen LogP contribution in [-0.2, 0) is 11.3 Å². The number of anilines is 1. The van der Waals surface area contributed by atoms with E-state index in [1.807, 2.05) is 67.3 Å². The molecule has 1 N–H and O–H groups in total. The summed E-state index contributed by atoms with van der Waals surface area (Å²) in [6.45, 7) is 5.23. The maximum atomic E-state index is 12.9. The molecule has 0 spiro atoms. The molecule has 1 aromatic heterocycles. The normalized spacial score (nSPS) is 13.8. The third kappa shape index (κ3) is 4.49. The first-order valence-electron chi connectivity index (χ1n) is 10.5. The topological polar surface area (TPSA) is 67.2 Å². The summed E-state index contributed by atoms with van der Waals surface area (Å²) in [5.74, 6) is 0.0919. The van der Waals surface area contributed by atoms with Crippen molar-refractivity contribution in [3.05, 3.63) is 76.6 Å². The molecule has 0 aliphatic carbocycles. The Morgan fingerprint density at radius 1 is 1.16 bits per heavy atom. The minimum absolute atomic E-state index is 0.0968. The molecule has 0 radical (unpaired) electrons. The van der Waals surface area contributed by atoms with Gasteiger partial charge in [-0.1, -0.05) is 43.6 Å². The average molecular weight is 437 g/mol. The molecule has 0 unspecified atom stereocenters. The van der Waals surface area contributed by atoms with Crippen molar-refractivity contribution < 1.29 is 9.59 Å². The van der Waals surface area contributed by atoms with Gasteiger partial charge in [0.05, 0.1) is 23.1 Å². The number of amides is 2. The van der Waals surface area contributed by atoms with Crippen LogP contribution in [0.5, 0.6) is 0 Å². The zero-order valence-corrected chi connectivity index (χ0v) is 18.4. The van der Waals surface area contributed by atoms with Gasteiger partial charge in [-0.05, 0) is 48.2 Å². The van der Waals surface area contributed by atoms with Crippen LogP contribution in [0.15, 0.2) is 54.7 Å². The predicted octanol–water partition coefficient (Wildman–Crippen LogP) is 4.71. The maximum Gasteiger partial charge on any atom is 0.255 e. The fourth-order valence-corrected chi connectivity index (χ4v) is 4.08. The Bertz CT molecular complexity index is 1110. The number of hydrogen-bond acceptors (Lipinski definition) is 3. The van der Waals surface area contributed by atoms with E-state index in [1.54, 1.807) is 10.9 Å². The van der Waals surface area contributed by atoms with E-state index in [-0.39, 0.29) is 17.7 Å². The van der Waals surface area contributed by atoms with Crippen molar-refractivity contribution in [1.29, 1.82) is 0 Å². The van der Waals surface area contributed by atoms with E-state index in [4.69, 9.17) is 11.6 Å². The monoisotopic (exact) mass is 436 g/mol. The lowest BCUT2D eigenvalue weighted by atomic mass is 10.0. The van der Waals surface area contributed by atoms with Gasteiger partial charge in [0.15, 0.2) is 0 Å². The summed E-state index contributed by atoms with van der Waals surface area (Å²) in [5.41, 5.74) is 4.08. The summed E-state index contributed by atoms with van der Waals surface area (Å²) < 4.78 is 1.77. The smallest absolute Gasteiger partial charge is 0.255 e. The Kier molecular flexibility index (Phi) is 6.09. The van der Waals surface area contributed by atoms with Gasteiger partial charge in [0.2, 0.25) is 5.91 Å². The van der Waals surface area contributed by atoms with Gasteiger partial charge < -0.3 is 10.2 Å². The molecule has 1 aliphatic rings. The van der Waals surface area contributed by atoms with Crippen molar-refractivity contribution in [2.75, 3.05) is 11.4 Å². The Labute approximate surface area is 186 Å². The number of halogens is 1. The van der Waals surface area contributed by atoms with E-state index in [1.165, 1.54) is 0 Å². The fraction of sp³-hybridized carbons (Fsp3) is 0.292. The van der Waals surface area contributed by atoms with Crippen molar-refractivity contribution in [1.82, 2.24) is 15.1 Å². The fourth-order valence-electron chi connectivity index (χ4n) is 3.89. The van der Waals surface area contributed by atoms with Crippen molar-refractivity contribution in [2.45, 2.75) is 39.2 Å². The highest BCUT2D eigenvalue weighted by Crippen LogP contribution is 2.25. The number of hydrogen-bond donors (Lipinski definition) is 1. The van der Waals surface area contributed by atoms with Crippen molar-refractivity contribution >= 4 is 29.1 Å². The Balaban J connectivity index is 1.48. The lowest BCUT2D eigenvalue weighted by Crippen LogP contribution is -2.25. The summed E-state index contributed by atoms with van der Waals surface area (Å²) in [6.07, 6.45) is 3.12. The van der Waals surface area contributed by atoms with Crippen LogP contribution in [0.3, 0.4) is 0 Å². The molecule has 1 fully saturated rings. The number of nitrogens with one attached hydrogen (secondary N) is 1. The van der Waals surface area contributed by atoms with Crippen molar-refractivity contribution in [2.24, 2.45) is 0 Å². The molecule has 2 aromatic carbocycles. The first-order chi connectivity index (χ1) is 14.9. The number of nitrogens with zero attached hydrogens (tertiary/aromatic N) is 3. The third-order valence-electron chi connectivity index (χ3n) is 5.43. The van der Waals surface area contributed by atoms with Crippen LogP contribution in [0, 0.1) is 0 Å². The van der Waals surface area contributed by atoms with Gasteiger partial charge in [0.25, 0.3) is 5.91 Å². The van der Waals surface area contributed by atoms with Crippen molar-refractivity contribution in [3.8, 4) is 5.69 Å². The lowest BCUT2D eigenvalue weighted by molar-refractivity contribution is -0.117. The van der Waals surface area contributed by atoms with Crippen LogP contribution in [0.4, 0.5) is 5.69 Å². The summed E-state index contributed by atoms with van der Waals surface area (Å²) in [4.78, 5) is 26.6. The second-order valence-electron chi connectivity index (χ2n) is 7.99. The van der Waals surface area contributed by atoms with Crippen LogP contribution in [-0.4, -0.2) is 28.1 Å². The summed E-state index contributed by atoms with van der Waals surface area (Å²) >= 11 is 6.13. The SMILES string of the molecule is CC(C)c1c(C(=O)NCc2ccc(N3CCCC3=O)cc2)cnn1-c1cccc(Cl)c1. The molecular weight excluding hydrogens is 412 g/mol. The van der Waals surface area contributed by atoms with Crippen LogP contribution >= 0.6 is 11.6 Å². The van der Waals surface area contributed by atoms with Gasteiger partial charge >= 0.3 is 0 Å². The number of carbonyl (C=O) groups excluding carboxylic acids is 2. The molecule has 1 aliphatic heterocycles. The summed E-state index contributed by atoms with van der Waals surface area (Å²) in [6, 6.07) is 15.2. The molecule has 3 aromatic rings. The van der Waals surface area contributed by atoms with E-state index in [9.17, 15) is 9.59 Å². The molecule has 0 bridgehead atoms. The van der Waals surface area contributed by atoms with E-state index in [0.717, 1.165) is 35.6 Å². The molecule has 0 saturated carbocycles. The molecule has 160 valence electrons. The highest BCUT2D eigenvalue weighted by atomic mass is 35.5. The zero-order valence-electron chi connectivity index (χ0n) is 17.6. The molecule has 2 heterocycles. The predicted molar refractivity (Wildman–Crippen MR) is 122 cm³/mol. The van der Waals surface area contributed by atoms with Crippen LogP contribution < -0.4 is 10.2 Å². The van der Waals surface area contributed by atoms with Crippen LogP contribution in [0.25, 0.3) is 5.69 Å². The number of carbonyl (C=O) groups is 2. The van der Waals surface area contributed by atoms with Gasteiger partial charge in [-0.25, -0.2) is 4.68 Å². The minimum Gasteiger partial charge on any atom is -0.348 e. The number of rotatable bonds is 6. The lowest BCUT2D eigenvalue weighted by Gasteiger charge is -2.16. The molecule has 31 heavy (non-hydrogen) atoms. The molecule has 2 amide bonds. The van der Waals surface area contributed by atoms with E-state index in [2.05, 4.69) is 10.4 Å². The zero-order chi connectivity index (χ0) is 22.0. The first kappa shape index (κ1) is 21.1. The highest BCUT2D eigenvalue weighted by molar-refractivity contribution is 6.30. The minimum atomic E-state index is -0.171. The van der Waals surface area contributed by atoms with Gasteiger partial charge in [-0.15, -0.1) is 0 Å². The second-order valence-corrected chi connectivity index (χ2v) is 8.42. The Hall–Kier alpha value is -3.12. The molecule has 0 atom stereocenters. The third-order valence-corrected chi connectivity index (χ3v) is 5.66. The number of benzene rings is 2. The molecule has 6 nitrogen and oxygen atoms in total. The van der Waals surface area contributed by atoms with Crippen LogP contribution in [0.2, 0.25) is 5.02 Å². The first-order valence-corrected chi connectivity index (χ1v) is 10.8. The molecular formula is C24H25ClN4O2. The largest absolute Gasteiger partial charge is 0.348 e. The van der Waals surface area contributed by atoms with Crippen LogP contribution in [0.1, 0.15) is 54.2 Å². The second kappa shape index (κ2) is 8.94. The maximum absolute atomic E-state index is 12.9. The Morgan fingerprint density at radius 3 is 2.58 bits per heavy atom. The highest BCUT2D eigenvalue weighted by Gasteiger charge is 2.22. The molecule has 4 rings (SSSR count). The van der Waals surface area contributed by atoms with Gasteiger partial charge in [-0.2, -0.15) is 5.10 Å².